The number of para-hydroxylation sites is 2. The molecule has 2 aliphatic heterocycles. The van der Waals surface area contributed by atoms with Gasteiger partial charge in [-0.25, -0.2) is 4.79 Å². The molecule has 2 aliphatic rings. The average Bonchev–Trinajstić information content (AvgIpc) is 3.01. The Balaban J connectivity index is 1.38. The molecular weight excluding hydrogens is 420 g/mol. The lowest BCUT2D eigenvalue weighted by molar-refractivity contribution is -0.385. The number of rotatable bonds is 6. The number of benzene rings is 2. The smallest absolute Gasteiger partial charge is 0.325 e. The molecule has 0 spiro atoms. The molecule has 1 saturated heterocycles. The van der Waals surface area contributed by atoms with Crippen LogP contribution in [-0.2, 0) is 15.1 Å². The van der Waals surface area contributed by atoms with Gasteiger partial charge in [0.2, 0.25) is 5.91 Å². The number of ether oxygens (including phenoxy) is 2. The summed E-state index contributed by atoms with van der Waals surface area (Å²) < 4.78 is 11.3. The van der Waals surface area contributed by atoms with E-state index in [2.05, 4.69) is 10.6 Å². The van der Waals surface area contributed by atoms with Crippen LogP contribution >= 0.6 is 0 Å². The second-order valence-corrected chi connectivity index (χ2v) is 7.56. The number of fused-ring (bicyclic) bond motifs is 1. The lowest BCUT2D eigenvalue weighted by atomic mass is 9.91. The Labute approximate surface area is 182 Å². The lowest BCUT2D eigenvalue weighted by Gasteiger charge is -2.26. The van der Waals surface area contributed by atoms with Crippen molar-refractivity contribution < 1.29 is 28.8 Å². The van der Waals surface area contributed by atoms with E-state index in [0.29, 0.717) is 11.5 Å². The van der Waals surface area contributed by atoms with Gasteiger partial charge in [-0.1, -0.05) is 24.3 Å². The van der Waals surface area contributed by atoms with Gasteiger partial charge in [-0.2, -0.15) is 0 Å². The van der Waals surface area contributed by atoms with Crippen molar-refractivity contribution in [2.24, 2.45) is 0 Å². The molecule has 4 amide bonds. The zero-order valence-electron chi connectivity index (χ0n) is 17.1. The van der Waals surface area contributed by atoms with E-state index >= 15 is 0 Å². The molecule has 0 saturated carbocycles. The second-order valence-electron chi connectivity index (χ2n) is 7.56. The first-order chi connectivity index (χ1) is 15.3. The van der Waals surface area contributed by atoms with Crippen LogP contribution in [0.2, 0.25) is 0 Å². The molecule has 2 aromatic rings. The standard InChI is InChI=1S/C21H20N4O7/c1-21(13-5-4-6-14(9-13)25(29)30)19(27)24(20(28)23-21)11-18(26)22-10-15-12-31-16-7-2-3-8-17(16)32-15/h2-9,15H,10-12H2,1H3,(H,22,26)(H,23,28). The summed E-state index contributed by atoms with van der Waals surface area (Å²) in [5.74, 6) is -0.0433. The number of carbonyl (C=O) groups is 3. The fourth-order valence-electron chi connectivity index (χ4n) is 3.56. The van der Waals surface area contributed by atoms with Gasteiger partial charge < -0.3 is 20.1 Å². The van der Waals surface area contributed by atoms with Crippen molar-refractivity contribution in [2.75, 3.05) is 19.7 Å². The van der Waals surface area contributed by atoms with Gasteiger partial charge in [0.05, 0.1) is 11.5 Å². The van der Waals surface area contributed by atoms with Crippen molar-refractivity contribution in [3.8, 4) is 11.5 Å². The zero-order valence-corrected chi connectivity index (χ0v) is 17.1. The third-order valence-corrected chi connectivity index (χ3v) is 5.31. The summed E-state index contributed by atoms with van der Waals surface area (Å²) in [4.78, 5) is 49.0. The van der Waals surface area contributed by atoms with Crippen LogP contribution in [-0.4, -0.2) is 53.5 Å². The number of nitro benzene ring substituents is 1. The summed E-state index contributed by atoms with van der Waals surface area (Å²) >= 11 is 0. The number of non-ortho nitro benzene ring substituents is 1. The summed E-state index contributed by atoms with van der Waals surface area (Å²) in [6.07, 6.45) is -0.424. The first kappa shape index (κ1) is 21.1. The Morgan fingerprint density at radius 2 is 2.00 bits per heavy atom. The van der Waals surface area contributed by atoms with Gasteiger partial charge in [-0.3, -0.25) is 24.6 Å². The van der Waals surface area contributed by atoms with Gasteiger partial charge in [0.1, 0.15) is 24.8 Å². The molecule has 1 fully saturated rings. The number of nitrogens with one attached hydrogen (secondary N) is 2. The molecule has 2 atom stereocenters. The van der Waals surface area contributed by atoms with Crippen molar-refractivity contribution in [2.45, 2.75) is 18.6 Å². The lowest BCUT2D eigenvalue weighted by Crippen LogP contribution is -2.46. The van der Waals surface area contributed by atoms with Crippen LogP contribution < -0.4 is 20.1 Å². The SMILES string of the molecule is CC1(c2cccc([N+](=O)[O-])c2)NC(=O)N(CC(=O)NCC2COc3ccccc3O2)C1=O. The highest BCUT2D eigenvalue weighted by Crippen LogP contribution is 2.31. The molecule has 0 bridgehead atoms. The fourth-order valence-corrected chi connectivity index (χ4v) is 3.56. The molecule has 11 heteroatoms. The minimum absolute atomic E-state index is 0.124. The molecule has 2 aromatic carbocycles. The van der Waals surface area contributed by atoms with E-state index in [1.807, 2.05) is 6.07 Å². The first-order valence-electron chi connectivity index (χ1n) is 9.82. The molecule has 11 nitrogen and oxygen atoms in total. The molecule has 2 unspecified atom stereocenters. The normalized spacial score (nSPS) is 21.8. The number of imide groups is 1. The third kappa shape index (κ3) is 3.92. The predicted molar refractivity (Wildman–Crippen MR) is 110 cm³/mol. The number of hydrogen-bond donors (Lipinski definition) is 2. The maximum Gasteiger partial charge on any atom is 0.325 e. The van der Waals surface area contributed by atoms with Crippen molar-refractivity contribution in [3.05, 3.63) is 64.2 Å². The predicted octanol–water partition coefficient (Wildman–Crippen LogP) is 1.32. The summed E-state index contributed by atoms with van der Waals surface area (Å²) in [6, 6.07) is 11.8. The Kier molecular flexibility index (Phi) is 5.39. The van der Waals surface area contributed by atoms with Crippen LogP contribution in [0.3, 0.4) is 0 Å². The van der Waals surface area contributed by atoms with Crippen LogP contribution in [0, 0.1) is 10.1 Å². The Hall–Kier alpha value is -4.15. The van der Waals surface area contributed by atoms with Gasteiger partial charge in [0.15, 0.2) is 11.5 Å². The molecule has 0 aliphatic carbocycles. The van der Waals surface area contributed by atoms with Crippen LogP contribution in [0.1, 0.15) is 12.5 Å². The van der Waals surface area contributed by atoms with Crippen molar-refractivity contribution in [1.82, 2.24) is 15.5 Å². The quantitative estimate of drug-likeness (QED) is 0.392. The Bertz CT molecular complexity index is 1110. The van der Waals surface area contributed by atoms with E-state index in [1.54, 1.807) is 18.2 Å². The minimum Gasteiger partial charge on any atom is -0.486 e. The molecule has 2 N–H and O–H groups in total. The largest absolute Gasteiger partial charge is 0.486 e. The molecule has 4 rings (SSSR count). The van der Waals surface area contributed by atoms with E-state index < -0.39 is 41.0 Å². The van der Waals surface area contributed by atoms with Crippen LogP contribution in [0.25, 0.3) is 0 Å². The molecule has 2 heterocycles. The van der Waals surface area contributed by atoms with Gasteiger partial charge >= 0.3 is 6.03 Å². The number of urea groups is 1. The van der Waals surface area contributed by atoms with Crippen LogP contribution in [0.15, 0.2) is 48.5 Å². The average molecular weight is 440 g/mol. The monoisotopic (exact) mass is 440 g/mol. The molecule has 32 heavy (non-hydrogen) atoms. The number of nitrogens with zero attached hydrogens (tertiary/aromatic N) is 2. The summed E-state index contributed by atoms with van der Waals surface area (Å²) in [5.41, 5.74) is -1.48. The highest BCUT2D eigenvalue weighted by atomic mass is 16.6. The first-order valence-corrected chi connectivity index (χ1v) is 9.82. The van der Waals surface area contributed by atoms with E-state index in [-0.39, 0.29) is 24.4 Å². The number of carbonyl (C=O) groups excluding carboxylic acids is 3. The van der Waals surface area contributed by atoms with Crippen LogP contribution in [0.4, 0.5) is 10.5 Å². The number of nitro groups is 1. The van der Waals surface area contributed by atoms with Gasteiger partial charge in [0.25, 0.3) is 11.6 Å². The third-order valence-electron chi connectivity index (χ3n) is 5.31. The molecular formula is C21H20N4O7. The highest BCUT2D eigenvalue weighted by molar-refractivity contribution is 6.09. The number of amides is 4. The van der Waals surface area contributed by atoms with Crippen LogP contribution in [0.5, 0.6) is 11.5 Å². The van der Waals surface area contributed by atoms with E-state index in [9.17, 15) is 24.5 Å². The Morgan fingerprint density at radius 1 is 1.25 bits per heavy atom. The molecule has 0 radical (unpaired) electrons. The fraction of sp³-hybridized carbons (Fsp3) is 0.286. The van der Waals surface area contributed by atoms with Crippen molar-refractivity contribution in [3.63, 3.8) is 0 Å². The van der Waals surface area contributed by atoms with E-state index in [0.717, 1.165) is 4.90 Å². The summed E-state index contributed by atoms with van der Waals surface area (Å²) in [5, 5.41) is 16.2. The van der Waals surface area contributed by atoms with Crippen molar-refractivity contribution >= 4 is 23.5 Å². The second kappa shape index (κ2) is 8.17. The number of hydrogen-bond acceptors (Lipinski definition) is 7. The maximum absolute atomic E-state index is 12.9. The van der Waals surface area contributed by atoms with Gasteiger partial charge in [0, 0.05) is 12.1 Å². The molecule has 166 valence electrons. The van der Waals surface area contributed by atoms with Crippen molar-refractivity contribution in [1.29, 1.82) is 0 Å². The Morgan fingerprint density at radius 3 is 2.75 bits per heavy atom. The van der Waals surface area contributed by atoms with Gasteiger partial charge in [-0.05, 0) is 24.6 Å². The summed E-state index contributed by atoms with van der Waals surface area (Å²) in [6.45, 7) is 1.30. The highest BCUT2D eigenvalue weighted by Gasteiger charge is 2.49. The zero-order chi connectivity index (χ0) is 22.9. The topological polar surface area (TPSA) is 140 Å². The molecule has 0 aromatic heterocycles. The van der Waals surface area contributed by atoms with Gasteiger partial charge in [-0.15, -0.1) is 0 Å². The maximum atomic E-state index is 12.9. The van der Waals surface area contributed by atoms with E-state index in [1.165, 1.54) is 31.2 Å². The van der Waals surface area contributed by atoms with E-state index in [4.69, 9.17) is 9.47 Å². The summed E-state index contributed by atoms with van der Waals surface area (Å²) in [7, 11) is 0. The minimum atomic E-state index is -1.52.